The lowest BCUT2D eigenvalue weighted by atomic mass is 9.69. The van der Waals surface area contributed by atoms with Gasteiger partial charge in [-0.15, -0.1) is 0 Å². The summed E-state index contributed by atoms with van der Waals surface area (Å²) >= 11 is 5.83. The second kappa shape index (κ2) is 6.21. The van der Waals surface area contributed by atoms with Crippen LogP contribution in [0.4, 0.5) is 0 Å². The van der Waals surface area contributed by atoms with Gasteiger partial charge in [0.05, 0.1) is 11.8 Å². The summed E-state index contributed by atoms with van der Waals surface area (Å²) in [5.74, 6) is 0.639. The molecule has 0 spiro atoms. The fourth-order valence-electron chi connectivity index (χ4n) is 3.03. The molecule has 1 fully saturated rings. The van der Waals surface area contributed by atoms with Crippen LogP contribution >= 0.6 is 11.6 Å². The summed E-state index contributed by atoms with van der Waals surface area (Å²) < 4.78 is 4.96. The highest BCUT2D eigenvalue weighted by atomic mass is 35.5. The van der Waals surface area contributed by atoms with Gasteiger partial charge in [-0.25, -0.2) is 0 Å². The van der Waals surface area contributed by atoms with E-state index in [0.29, 0.717) is 11.0 Å². The van der Waals surface area contributed by atoms with Gasteiger partial charge in [0.1, 0.15) is 0 Å². The van der Waals surface area contributed by atoms with E-state index in [1.165, 1.54) is 25.5 Å². The molecule has 0 aromatic carbocycles. The van der Waals surface area contributed by atoms with Gasteiger partial charge < -0.3 is 9.73 Å². The van der Waals surface area contributed by atoms with Gasteiger partial charge in [-0.05, 0) is 54.7 Å². The van der Waals surface area contributed by atoms with E-state index in [2.05, 4.69) is 26.1 Å². The lowest BCUT2D eigenvalue weighted by Gasteiger charge is -2.39. The monoisotopic (exact) mass is 297 g/mol. The van der Waals surface area contributed by atoms with Gasteiger partial charge in [0.15, 0.2) is 0 Å². The molecule has 0 bridgehead atoms. The van der Waals surface area contributed by atoms with Crippen molar-refractivity contribution in [2.45, 2.75) is 58.9 Å². The van der Waals surface area contributed by atoms with Crippen LogP contribution in [0, 0.1) is 11.3 Å². The van der Waals surface area contributed by atoms with Gasteiger partial charge in [0.2, 0.25) is 5.22 Å². The molecule has 0 radical (unpaired) electrons. The fraction of sp³-hybridized carbons (Fsp3) is 0.688. The van der Waals surface area contributed by atoms with Gasteiger partial charge in [-0.2, -0.15) is 0 Å². The van der Waals surface area contributed by atoms with Crippen molar-refractivity contribution in [3.63, 3.8) is 0 Å². The standard InChI is InChI=1S/C16H24ClNO2/c1-4-16(2,3)11-5-7-12(8-6-11)18-15(19)13-9-10-20-14(13)17/h9-12H,4-8H2,1-3H3,(H,18,19). The summed E-state index contributed by atoms with van der Waals surface area (Å²) in [5, 5.41) is 3.24. The number of hydrogen-bond donors (Lipinski definition) is 1. The number of halogens is 1. The molecule has 2 rings (SSSR count). The van der Waals surface area contributed by atoms with E-state index in [1.807, 2.05) is 0 Å². The summed E-state index contributed by atoms with van der Waals surface area (Å²) in [5.41, 5.74) is 0.839. The van der Waals surface area contributed by atoms with E-state index < -0.39 is 0 Å². The van der Waals surface area contributed by atoms with E-state index in [4.69, 9.17) is 16.0 Å². The Balaban J connectivity index is 1.86. The molecule has 1 heterocycles. The van der Waals surface area contributed by atoms with E-state index in [9.17, 15) is 4.79 Å². The van der Waals surface area contributed by atoms with Crippen LogP contribution in [0.2, 0.25) is 5.22 Å². The zero-order valence-corrected chi connectivity index (χ0v) is 13.3. The number of furan rings is 1. The Morgan fingerprint density at radius 1 is 1.40 bits per heavy atom. The van der Waals surface area contributed by atoms with Crippen molar-refractivity contribution in [3.8, 4) is 0 Å². The van der Waals surface area contributed by atoms with Gasteiger partial charge in [-0.3, -0.25) is 4.79 Å². The predicted molar refractivity (Wildman–Crippen MR) is 81.0 cm³/mol. The summed E-state index contributed by atoms with van der Waals surface area (Å²) in [6.45, 7) is 6.96. The minimum atomic E-state index is -0.123. The quantitative estimate of drug-likeness (QED) is 0.878. The molecule has 0 aliphatic heterocycles. The largest absolute Gasteiger partial charge is 0.452 e. The minimum absolute atomic E-state index is 0.123. The molecular weight excluding hydrogens is 274 g/mol. The van der Waals surface area contributed by atoms with Gasteiger partial charge in [-0.1, -0.05) is 27.2 Å². The normalized spacial score (nSPS) is 23.6. The Morgan fingerprint density at radius 3 is 2.55 bits per heavy atom. The van der Waals surface area contributed by atoms with Crippen molar-refractivity contribution >= 4 is 17.5 Å². The number of rotatable bonds is 4. The molecule has 1 aromatic heterocycles. The predicted octanol–water partition coefficient (Wildman–Crippen LogP) is 4.66. The van der Waals surface area contributed by atoms with Crippen LogP contribution in [0.15, 0.2) is 16.7 Å². The number of amides is 1. The molecule has 1 N–H and O–H groups in total. The third-order valence-corrected chi connectivity index (χ3v) is 5.23. The molecule has 3 nitrogen and oxygen atoms in total. The second-order valence-electron chi connectivity index (χ2n) is 6.47. The third-order valence-electron chi connectivity index (χ3n) is 4.94. The van der Waals surface area contributed by atoms with Crippen molar-refractivity contribution in [2.75, 3.05) is 0 Å². The van der Waals surface area contributed by atoms with Crippen LogP contribution in [0.3, 0.4) is 0 Å². The van der Waals surface area contributed by atoms with E-state index in [1.54, 1.807) is 6.07 Å². The molecule has 1 amide bonds. The molecule has 112 valence electrons. The third kappa shape index (κ3) is 3.38. The van der Waals surface area contributed by atoms with Gasteiger partial charge >= 0.3 is 0 Å². The zero-order chi connectivity index (χ0) is 14.8. The van der Waals surface area contributed by atoms with Crippen molar-refractivity contribution in [3.05, 3.63) is 23.1 Å². The van der Waals surface area contributed by atoms with E-state index >= 15 is 0 Å². The highest BCUT2D eigenvalue weighted by molar-refractivity contribution is 6.32. The maximum Gasteiger partial charge on any atom is 0.256 e. The van der Waals surface area contributed by atoms with Crippen LogP contribution in [0.25, 0.3) is 0 Å². The number of carbonyl (C=O) groups is 1. The first kappa shape index (κ1) is 15.4. The molecule has 0 unspecified atom stereocenters. The van der Waals surface area contributed by atoms with Crippen LogP contribution in [0.1, 0.15) is 63.2 Å². The van der Waals surface area contributed by atoms with Gasteiger partial charge in [0, 0.05) is 6.04 Å². The van der Waals surface area contributed by atoms with Crippen molar-refractivity contribution < 1.29 is 9.21 Å². The van der Waals surface area contributed by atoms with E-state index in [-0.39, 0.29) is 17.2 Å². The van der Waals surface area contributed by atoms with Crippen LogP contribution in [-0.4, -0.2) is 11.9 Å². The Hall–Kier alpha value is -0.960. The lowest BCUT2D eigenvalue weighted by Crippen LogP contribution is -2.39. The SMILES string of the molecule is CCC(C)(C)C1CCC(NC(=O)c2ccoc2Cl)CC1. The smallest absolute Gasteiger partial charge is 0.256 e. The second-order valence-corrected chi connectivity index (χ2v) is 6.82. The molecule has 1 aromatic rings. The van der Waals surface area contributed by atoms with E-state index in [0.717, 1.165) is 18.8 Å². The summed E-state index contributed by atoms with van der Waals surface area (Å²) in [7, 11) is 0. The molecule has 0 atom stereocenters. The first-order chi connectivity index (χ1) is 9.44. The Kier molecular flexibility index (Phi) is 4.79. The average molecular weight is 298 g/mol. The van der Waals surface area contributed by atoms with Crippen LogP contribution < -0.4 is 5.32 Å². The van der Waals surface area contributed by atoms with Crippen LogP contribution in [-0.2, 0) is 0 Å². The molecule has 1 aliphatic rings. The van der Waals surface area contributed by atoms with Crippen LogP contribution in [0.5, 0.6) is 0 Å². The Labute approximate surface area is 126 Å². The maximum atomic E-state index is 12.1. The number of nitrogens with one attached hydrogen (secondary N) is 1. The fourth-order valence-corrected chi connectivity index (χ4v) is 3.23. The molecule has 20 heavy (non-hydrogen) atoms. The van der Waals surface area contributed by atoms with Crippen molar-refractivity contribution in [1.29, 1.82) is 0 Å². The molecule has 1 aliphatic carbocycles. The summed E-state index contributed by atoms with van der Waals surface area (Å²) in [6, 6.07) is 1.88. The molecular formula is C16H24ClNO2. The number of hydrogen-bond acceptors (Lipinski definition) is 2. The highest BCUT2D eigenvalue weighted by Crippen LogP contribution is 2.40. The first-order valence-corrected chi connectivity index (χ1v) is 7.85. The number of carbonyl (C=O) groups excluding carboxylic acids is 1. The molecule has 0 saturated heterocycles. The Morgan fingerprint density at radius 2 is 2.05 bits per heavy atom. The zero-order valence-electron chi connectivity index (χ0n) is 12.5. The summed E-state index contributed by atoms with van der Waals surface area (Å²) in [4.78, 5) is 12.1. The van der Waals surface area contributed by atoms with Crippen molar-refractivity contribution in [1.82, 2.24) is 5.32 Å². The maximum absolute atomic E-state index is 12.1. The van der Waals surface area contributed by atoms with Gasteiger partial charge in [0.25, 0.3) is 5.91 Å². The lowest BCUT2D eigenvalue weighted by molar-refractivity contribution is 0.0893. The minimum Gasteiger partial charge on any atom is -0.452 e. The van der Waals surface area contributed by atoms with Crippen molar-refractivity contribution in [2.24, 2.45) is 11.3 Å². The topological polar surface area (TPSA) is 42.2 Å². The Bertz CT molecular complexity index is 459. The molecule has 1 saturated carbocycles. The highest BCUT2D eigenvalue weighted by Gasteiger charge is 2.32. The summed E-state index contributed by atoms with van der Waals surface area (Å²) in [6.07, 6.45) is 7.12. The molecule has 4 heteroatoms. The average Bonchev–Trinajstić information content (AvgIpc) is 2.85. The first-order valence-electron chi connectivity index (χ1n) is 7.48.